The van der Waals surface area contributed by atoms with Gasteiger partial charge in [-0.1, -0.05) is 12.8 Å². The Kier molecular flexibility index (Phi) is 4.54. The van der Waals surface area contributed by atoms with E-state index in [1.165, 1.54) is 25.7 Å². The largest absolute Gasteiger partial charge is 0.349 e. The van der Waals surface area contributed by atoms with Crippen molar-refractivity contribution < 1.29 is 4.79 Å². The van der Waals surface area contributed by atoms with E-state index < -0.39 is 0 Å². The summed E-state index contributed by atoms with van der Waals surface area (Å²) < 4.78 is 4.10. The molecule has 0 saturated heterocycles. The van der Waals surface area contributed by atoms with E-state index in [0.29, 0.717) is 17.6 Å². The van der Waals surface area contributed by atoms with Gasteiger partial charge in [-0.3, -0.25) is 4.79 Å². The van der Waals surface area contributed by atoms with Crippen molar-refractivity contribution >= 4 is 17.1 Å². The van der Waals surface area contributed by atoms with E-state index in [2.05, 4.69) is 29.9 Å². The van der Waals surface area contributed by atoms with E-state index in [1.54, 1.807) is 18.9 Å². The van der Waals surface area contributed by atoms with Gasteiger partial charge in [-0.05, 0) is 44.6 Å². The SMILES string of the molecule is O=C(NC1CCC(n2cncn2)CC1)c1cnc2c(c1)ncn2C1CCCC1. The van der Waals surface area contributed by atoms with Crippen LogP contribution in [0.15, 0.2) is 31.2 Å². The van der Waals surface area contributed by atoms with Crippen LogP contribution in [0.5, 0.6) is 0 Å². The van der Waals surface area contributed by atoms with Gasteiger partial charge >= 0.3 is 0 Å². The van der Waals surface area contributed by atoms with Gasteiger partial charge in [-0.2, -0.15) is 5.10 Å². The van der Waals surface area contributed by atoms with Gasteiger partial charge in [0.1, 0.15) is 18.2 Å². The fourth-order valence-electron chi connectivity index (χ4n) is 4.65. The Bertz CT molecular complexity index is 950. The third-order valence-corrected chi connectivity index (χ3v) is 6.24. The average molecular weight is 379 g/mol. The highest BCUT2D eigenvalue weighted by Gasteiger charge is 2.25. The van der Waals surface area contributed by atoms with Gasteiger partial charge < -0.3 is 9.88 Å². The number of nitrogens with zero attached hydrogens (tertiary/aromatic N) is 6. The molecule has 0 radical (unpaired) electrons. The van der Waals surface area contributed by atoms with E-state index in [-0.39, 0.29) is 11.9 Å². The molecular formula is C20H25N7O. The van der Waals surface area contributed by atoms with E-state index in [1.807, 2.05) is 17.1 Å². The third-order valence-electron chi connectivity index (χ3n) is 6.24. The average Bonchev–Trinajstić information content (AvgIpc) is 3.48. The maximum atomic E-state index is 12.7. The van der Waals surface area contributed by atoms with Gasteiger partial charge in [0, 0.05) is 18.3 Å². The van der Waals surface area contributed by atoms with Gasteiger partial charge in [0.25, 0.3) is 5.91 Å². The number of carbonyl (C=O) groups is 1. The second-order valence-corrected chi connectivity index (χ2v) is 8.01. The van der Waals surface area contributed by atoms with Crippen LogP contribution in [0, 0.1) is 0 Å². The Morgan fingerprint density at radius 2 is 1.82 bits per heavy atom. The molecule has 1 N–H and O–H groups in total. The van der Waals surface area contributed by atoms with E-state index in [4.69, 9.17) is 0 Å². The highest BCUT2D eigenvalue weighted by molar-refractivity contribution is 5.96. The zero-order valence-corrected chi connectivity index (χ0v) is 15.9. The molecule has 0 aliphatic heterocycles. The lowest BCUT2D eigenvalue weighted by Gasteiger charge is -2.28. The summed E-state index contributed by atoms with van der Waals surface area (Å²) in [6.07, 6.45) is 15.7. The maximum Gasteiger partial charge on any atom is 0.253 e. The molecule has 3 heterocycles. The minimum Gasteiger partial charge on any atom is -0.349 e. The van der Waals surface area contributed by atoms with E-state index in [0.717, 1.165) is 36.8 Å². The van der Waals surface area contributed by atoms with Crippen LogP contribution in [-0.2, 0) is 0 Å². The summed E-state index contributed by atoms with van der Waals surface area (Å²) in [5.41, 5.74) is 2.27. The lowest BCUT2D eigenvalue weighted by atomic mass is 9.91. The Hall–Kier alpha value is -2.77. The molecule has 0 spiro atoms. The molecule has 2 aliphatic carbocycles. The topological polar surface area (TPSA) is 90.5 Å². The Labute approximate surface area is 163 Å². The number of imidazole rings is 1. The Morgan fingerprint density at radius 1 is 1.00 bits per heavy atom. The molecule has 3 aromatic heterocycles. The quantitative estimate of drug-likeness (QED) is 0.752. The number of hydrogen-bond acceptors (Lipinski definition) is 5. The molecule has 146 valence electrons. The van der Waals surface area contributed by atoms with Crippen molar-refractivity contribution in [2.24, 2.45) is 0 Å². The van der Waals surface area contributed by atoms with Crippen LogP contribution < -0.4 is 5.32 Å². The van der Waals surface area contributed by atoms with Crippen LogP contribution in [0.25, 0.3) is 11.2 Å². The minimum atomic E-state index is -0.0611. The van der Waals surface area contributed by atoms with Crippen molar-refractivity contribution in [2.45, 2.75) is 69.5 Å². The summed E-state index contributed by atoms with van der Waals surface area (Å²) in [6.45, 7) is 0. The number of hydrogen-bond donors (Lipinski definition) is 1. The van der Waals surface area contributed by atoms with Crippen LogP contribution in [0.4, 0.5) is 0 Å². The molecule has 2 fully saturated rings. The molecule has 0 unspecified atom stereocenters. The Morgan fingerprint density at radius 3 is 2.57 bits per heavy atom. The summed E-state index contributed by atoms with van der Waals surface area (Å²) in [4.78, 5) is 25.8. The number of pyridine rings is 1. The zero-order valence-electron chi connectivity index (χ0n) is 15.9. The van der Waals surface area contributed by atoms with Crippen molar-refractivity contribution in [3.05, 3.63) is 36.8 Å². The molecule has 3 aromatic rings. The van der Waals surface area contributed by atoms with Crippen LogP contribution in [0.2, 0.25) is 0 Å². The van der Waals surface area contributed by atoms with Crippen molar-refractivity contribution in [3.63, 3.8) is 0 Å². The molecule has 0 aromatic carbocycles. The molecule has 28 heavy (non-hydrogen) atoms. The van der Waals surface area contributed by atoms with Crippen molar-refractivity contribution in [1.82, 2.24) is 34.6 Å². The van der Waals surface area contributed by atoms with E-state index >= 15 is 0 Å². The molecule has 8 nitrogen and oxygen atoms in total. The molecule has 2 saturated carbocycles. The lowest BCUT2D eigenvalue weighted by Crippen LogP contribution is -2.38. The van der Waals surface area contributed by atoms with Gasteiger partial charge in [-0.25, -0.2) is 19.6 Å². The van der Waals surface area contributed by atoms with Gasteiger partial charge in [-0.15, -0.1) is 0 Å². The first kappa shape index (κ1) is 17.3. The first-order valence-corrected chi connectivity index (χ1v) is 10.3. The smallest absolute Gasteiger partial charge is 0.253 e. The second-order valence-electron chi connectivity index (χ2n) is 8.01. The Balaban J connectivity index is 1.24. The summed E-state index contributed by atoms with van der Waals surface area (Å²) in [5.74, 6) is -0.0611. The van der Waals surface area contributed by atoms with Crippen molar-refractivity contribution in [3.8, 4) is 0 Å². The number of carbonyl (C=O) groups excluding carboxylic acids is 1. The predicted octanol–water partition coefficient (Wildman–Crippen LogP) is 3.05. The molecule has 1 amide bonds. The minimum absolute atomic E-state index is 0.0611. The summed E-state index contributed by atoms with van der Waals surface area (Å²) in [7, 11) is 0. The first-order valence-electron chi connectivity index (χ1n) is 10.3. The summed E-state index contributed by atoms with van der Waals surface area (Å²) in [5, 5.41) is 7.40. The molecule has 0 bridgehead atoms. The van der Waals surface area contributed by atoms with Gasteiger partial charge in [0.2, 0.25) is 0 Å². The zero-order chi connectivity index (χ0) is 18.9. The van der Waals surface area contributed by atoms with Crippen LogP contribution in [0.1, 0.15) is 73.8 Å². The highest BCUT2D eigenvalue weighted by Crippen LogP contribution is 2.31. The van der Waals surface area contributed by atoms with Gasteiger partial charge in [0.05, 0.1) is 17.9 Å². The molecular weight excluding hydrogens is 354 g/mol. The van der Waals surface area contributed by atoms with Gasteiger partial charge in [0.15, 0.2) is 5.65 Å². The lowest BCUT2D eigenvalue weighted by molar-refractivity contribution is 0.0921. The third kappa shape index (κ3) is 3.27. The fourth-order valence-corrected chi connectivity index (χ4v) is 4.65. The van der Waals surface area contributed by atoms with Crippen molar-refractivity contribution in [1.29, 1.82) is 0 Å². The maximum absolute atomic E-state index is 12.7. The first-order chi connectivity index (χ1) is 13.8. The molecule has 2 aliphatic rings. The van der Waals surface area contributed by atoms with Crippen LogP contribution in [0.3, 0.4) is 0 Å². The van der Waals surface area contributed by atoms with Crippen LogP contribution in [-0.4, -0.2) is 41.2 Å². The number of aromatic nitrogens is 6. The van der Waals surface area contributed by atoms with E-state index in [9.17, 15) is 4.79 Å². The monoisotopic (exact) mass is 379 g/mol. The molecule has 5 rings (SSSR count). The summed E-state index contributed by atoms with van der Waals surface area (Å²) >= 11 is 0. The van der Waals surface area contributed by atoms with Crippen LogP contribution >= 0.6 is 0 Å². The number of fused-ring (bicyclic) bond motifs is 1. The molecule has 0 atom stereocenters. The number of nitrogens with one attached hydrogen (secondary N) is 1. The number of rotatable bonds is 4. The highest BCUT2D eigenvalue weighted by atomic mass is 16.1. The predicted molar refractivity (Wildman–Crippen MR) is 104 cm³/mol. The fraction of sp³-hybridized carbons (Fsp3) is 0.550. The normalized spacial score (nSPS) is 23.3. The second kappa shape index (κ2) is 7.33. The summed E-state index contributed by atoms with van der Waals surface area (Å²) in [6, 6.07) is 2.94. The van der Waals surface area contributed by atoms with Crippen molar-refractivity contribution in [2.75, 3.05) is 0 Å². The standard InChI is InChI=1S/C20H25N7O/c28-20(25-15-5-7-17(8-6-15)27-12-21-11-24-27)14-9-18-19(22-10-14)26(13-23-18)16-3-1-2-4-16/h9-13,15-17H,1-8H2,(H,25,28). The molecule has 8 heteroatoms. The number of amides is 1.